The summed E-state index contributed by atoms with van der Waals surface area (Å²) < 4.78 is 7.52. The molecule has 1 N–H and O–H groups in total. The maximum absolute atomic E-state index is 11.8. The molecule has 3 aromatic rings. The molecule has 4 rings (SSSR count). The number of thioether (sulfide) groups is 1. The van der Waals surface area contributed by atoms with Gasteiger partial charge in [-0.2, -0.15) is 0 Å². The van der Waals surface area contributed by atoms with Crippen LogP contribution in [0, 0.1) is 0 Å². The van der Waals surface area contributed by atoms with E-state index in [9.17, 15) is 9.90 Å². The van der Waals surface area contributed by atoms with E-state index in [1.807, 2.05) is 43.4 Å². The first-order chi connectivity index (χ1) is 13.9. The Labute approximate surface area is 174 Å². The monoisotopic (exact) mass is 408 g/mol. The molecule has 0 saturated carbocycles. The summed E-state index contributed by atoms with van der Waals surface area (Å²) in [6.45, 7) is 1.69. The first-order valence-corrected chi connectivity index (χ1v) is 10.6. The molecule has 0 radical (unpaired) electrons. The zero-order chi connectivity index (χ0) is 20.4. The lowest BCUT2D eigenvalue weighted by atomic mass is 9.93. The van der Waals surface area contributed by atoms with Crippen molar-refractivity contribution in [1.82, 2.24) is 9.55 Å². The fraction of sp³-hybridized carbons (Fsp3) is 0.304. The smallest absolute Gasteiger partial charge is 0.309 e. The number of ether oxygens (including phenoxy) is 1. The fourth-order valence-corrected chi connectivity index (χ4v) is 4.70. The lowest BCUT2D eigenvalue weighted by Crippen LogP contribution is -2.42. The molecule has 0 unspecified atom stereocenters. The predicted octanol–water partition coefficient (Wildman–Crippen LogP) is 4.30. The molecule has 0 spiro atoms. The number of imidazole rings is 1. The van der Waals surface area contributed by atoms with E-state index < -0.39 is 5.60 Å². The molecular weight excluding hydrogens is 384 g/mol. The Kier molecular flexibility index (Phi) is 5.48. The summed E-state index contributed by atoms with van der Waals surface area (Å²) in [5.74, 6) is 0.205. The Morgan fingerprint density at radius 2 is 1.76 bits per heavy atom. The Hall–Kier alpha value is -2.57. The van der Waals surface area contributed by atoms with Crippen LogP contribution in [0.4, 0.5) is 0 Å². The van der Waals surface area contributed by atoms with Gasteiger partial charge in [0.1, 0.15) is 6.10 Å². The average molecular weight is 409 g/mol. The molecule has 0 amide bonds. The number of aliphatic hydroxyl groups is 1. The molecule has 1 aromatic heterocycles. The van der Waals surface area contributed by atoms with Crippen LogP contribution in [-0.2, 0) is 16.6 Å². The van der Waals surface area contributed by atoms with Crippen molar-refractivity contribution in [2.24, 2.45) is 7.05 Å². The van der Waals surface area contributed by atoms with Gasteiger partial charge in [-0.3, -0.25) is 4.79 Å². The largest absolute Gasteiger partial charge is 0.461 e. The number of esters is 1. The molecule has 2 atom stereocenters. The van der Waals surface area contributed by atoms with Crippen LogP contribution in [0.1, 0.15) is 19.8 Å². The number of carbonyl (C=O) groups is 1. The maximum Gasteiger partial charge on any atom is 0.309 e. The van der Waals surface area contributed by atoms with E-state index >= 15 is 0 Å². The quantitative estimate of drug-likeness (QED) is 0.504. The van der Waals surface area contributed by atoms with E-state index in [4.69, 9.17) is 9.72 Å². The molecule has 1 aliphatic rings. The summed E-state index contributed by atoms with van der Waals surface area (Å²) in [5, 5.41) is 11.1. The summed E-state index contributed by atoms with van der Waals surface area (Å²) in [7, 11) is 2.01. The van der Waals surface area contributed by atoms with Crippen molar-refractivity contribution < 1.29 is 14.6 Å². The highest BCUT2D eigenvalue weighted by Gasteiger charge is 2.36. The maximum atomic E-state index is 11.8. The lowest BCUT2D eigenvalue weighted by molar-refractivity contribution is -0.165. The van der Waals surface area contributed by atoms with Crippen LogP contribution in [0.2, 0.25) is 0 Å². The second-order valence-electron chi connectivity index (χ2n) is 7.68. The molecule has 0 aliphatic carbocycles. The summed E-state index contributed by atoms with van der Waals surface area (Å²) in [6.07, 6.45) is 0.161. The Balaban J connectivity index is 1.65. The second kappa shape index (κ2) is 8.05. The third-order valence-corrected chi connectivity index (χ3v) is 6.20. The zero-order valence-electron chi connectivity index (χ0n) is 16.5. The normalized spacial score (nSPS) is 21.8. The molecule has 1 fully saturated rings. The molecular formula is C23H24N2O3S. The SMILES string of the molecule is Cn1c(SC[C@@H]2C[C@@](C)(O)CC(=O)O2)nc(-c2ccccc2)c1-c1ccccc1. The van der Waals surface area contributed by atoms with Crippen LogP contribution in [0.15, 0.2) is 65.8 Å². The van der Waals surface area contributed by atoms with Gasteiger partial charge in [-0.1, -0.05) is 72.4 Å². The topological polar surface area (TPSA) is 64.4 Å². The minimum Gasteiger partial charge on any atom is -0.461 e. The Morgan fingerprint density at radius 1 is 1.14 bits per heavy atom. The number of nitrogens with zero attached hydrogens (tertiary/aromatic N) is 2. The van der Waals surface area contributed by atoms with Gasteiger partial charge in [0.25, 0.3) is 0 Å². The van der Waals surface area contributed by atoms with Crippen molar-refractivity contribution in [2.75, 3.05) is 5.75 Å². The van der Waals surface area contributed by atoms with Crippen LogP contribution in [0.25, 0.3) is 22.5 Å². The molecule has 2 aromatic carbocycles. The van der Waals surface area contributed by atoms with Crippen LogP contribution < -0.4 is 0 Å². The molecule has 2 heterocycles. The van der Waals surface area contributed by atoms with Gasteiger partial charge in [0.05, 0.1) is 23.4 Å². The van der Waals surface area contributed by atoms with Crippen molar-refractivity contribution in [1.29, 1.82) is 0 Å². The first kappa shape index (κ1) is 19.7. The molecule has 150 valence electrons. The number of hydrogen-bond donors (Lipinski definition) is 1. The summed E-state index contributed by atoms with van der Waals surface area (Å²) >= 11 is 1.54. The van der Waals surface area contributed by atoms with Gasteiger partial charge < -0.3 is 14.4 Å². The van der Waals surface area contributed by atoms with Gasteiger partial charge in [-0.15, -0.1) is 0 Å². The molecule has 1 saturated heterocycles. The van der Waals surface area contributed by atoms with E-state index in [0.29, 0.717) is 12.2 Å². The number of aromatic nitrogens is 2. The highest BCUT2D eigenvalue weighted by atomic mass is 32.2. The van der Waals surface area contributed by atoms with E-state index in [-0.39, 0.29) is 18.5 Å². The van der Waals surface area contributed by atoms with E-state index in [2.05, 4.69) is 28.8 Å². The van der Waals surface area contributed by atoms with Crippen molar-refractivity contribution >= 4 is 17.7 Å². The highest BCUT2D eigenvalue weighted by Crippen LogP contribution is 2.36. The summed E-state index contributed by atoms with van der Waals surface area (Å²) in [4.78, 5) is 16.7. The van der Waals surface area contributed by atoms with E-state index in [0.717, 1.165) is 27.7 Å². The van der Waals surface area contributed by atoms with Crippen LogP contribution in [0.3, 0.4) is 0 Å². The minimum atomic E-state index is -1.01. The summed E-state index contributed by atoms with van der Waals surface area (Å²) in [5.41, 5.74) is 3.12. The predicted molar refractivity (Wildman–Crippen MR) is 115 cm³/mol. The van der Waals surface area contributed by atoms with Crippen molar-refractivity contribution in [3.05, 3.63) is 60.7 Å². The van der Waals surface area contributed by atoms with Crippen molar-refractivity contribution in [3.63, 3.8) is 0 Å². The molecule has 29 heavy (non-hydrogen) atoms. The molecule has 0 bridgehead atoms. The van der Waals surface area contributed by atoms with Gasteiger partial charge in [0, 0.05) is 30.3 Å². The molecule has 1 aliphatic heterocycles. The highest BCUT2D eigenvalue weighted by molar-refractivity contribution is 7.99. The van der Waals surface area contributed by atoms with E-state index in [1.54, 1.807) is 18.7 Å². The standard InChI is InChI=1S/C23H24N2O3S/c1-23(27)13-18(28-19(26)14-23)15-29-22-24-20(16-9-5-3-6-10-16)21(25(22)2)17-11-7-4-8-12-17/h3-12,18,27H,13-15H2,1-2H3/t18-,23+/m0/s1. The number of carbonyl (C=O) groups excluding carboxylic acids is 1. The van der Waals surface area contributed by atoms with Crippen LogP contribution in [0.5, 0.6) is 0 Å². The Morgan fingerprint density at radius 3 is 2.38 bits per heavy atom. The van der Waals surface area contributed by atoms with Gasteiger partial charge in [-0.25, -0.2) is 4.98 Å². The average Bonchev–Trinajstić information content (AvgIpc) is 3.02. The van der Waals surface area contributed by atoms with Crippen molar-refractivity contribution in [3.8, 4) is 22.5 Å². The third-order valence-electron chi connectivity index (χ3n) is 5.04. The fourth-order valence-electron chi connectivity index (χ4n) is 3.73. The van der Waals surface area contributed by atoms with Crippen LogP contribution in [-0.4, -0.2) is 38.1 Å². The lowest BCUT2D eigenvalue weighted by Gasteiger charge is -2.32. The van der Waals surface area contributed by atoms with E-state index in [1.165, 1.54) is 0 Å². The number of hydrogen-bond acceptors (Lipinski definition) is 5. The van der Waals surface area contributed by atoms with Gasteiger partial charge in [-0.05, 0) is 6.92 Å². The molecule has 6 heteroatoms. The third kappa shape index (κ3) is 4.38. The van der Waals surface area contributed by atoms with Gasteiger partial charge in [0.15, 0.2) is 5.16 Å². The van der Waals surface area contributed by atoms with Gasteiger partial charge >= 0.3 is 5.97 Å². The number of benzene rings is 2. The Bertz CT molecular complexity index is 1000. The van der Waals surface area contributed by atoms with Crippen LogP contribution >= 0.6 is 11.8 Å². The minimum absolute atomic E-state index is 0.0485. The zero-order valence-corrected chi connectivity index (χ0v) is 17.4. The summed E-state index contributed by atoms with van der Waals surface area (Å²) in [6, 6.07) is 20.3. The second-order valence-corrected chi connectivity index (χ2v) is 8.67. The number of rotatable bonds is 5. The first-order valence-electron chi connectivity index (χ1n) is 9.65. The molecule has 5 nitrogen and oxygen atoms in total. The van der Waals surface area contributed by atoms with Crippen molar-refractivity contribution in [2.45, 2.75) is 36.6 Å². The van der Waals surface area contributed by atoms with Gasteiger partial charge in [0.2, 0.25) is 0 Å². The number of cyclic esters (lactones) is 1.